The molecule has 0 aromatic rings. The van der Waals surface area contributed by atoms with Crippen molar-refractivity contribution in [2.24, 2.45) is 22.2 Å². The Bertz CT molecular complexity index is 831. The number of rotatable bonds is 11. The van der Waals surface area contributed by atoms with Crippen LogP contribution in [0.5, 0.6) is 0 Å². The van der Waals surface area contributed by atoms with E-state index >= 15 is 0 Å². The van der Waals surface area contributed by atoms with E-state index in [1.54, 1.807) is 7.05 Å². The van der Waals surface area contributed by atoms with Gasteiger partial charge in [-0.1, -0.05) is 0 Å². The largest absolute Gasteiger partial charge is 0.395 e. The number of nitrogens with two attached hydrogens (primary N) is 3. The van der Waals surface area contributed by atoms with Gasteiger partial charge in [0.2, 0.25) is 0 Å². The van der Waals surface area contributed by atoms with Gasteiger partial charge in [0, 0.05) is 19.1 Å². The molecule has 12 unspecified atom stereocenters. The molecule has 2 aliphatic heterocycles. The summed E-state index contributed by atoms with van der Waals surface area (Å²) in [6, 6.07) is -2.80. The normalized spacial score (nSPS) is 43.6. The van der Waals surface area contributed by atoms with Crippen LogP contribution in [0.1, 0.15) is 40.0 Å². The molecule has 2 heterocycles. The van der Waals surface area contributed by atoms with Crippen LogP contribution >= 0.6 is 0 Å². The second kappa shape index (κ2) is 13.9. The van der Waals surface area contributed by atoms with Crippen LogP contribution in [0.4, 0.5) is 0 Å². The molecule has 0 amide bonds. The summed E-state index contributed by atoms with van der Waals surface area (Å²) in [5.41, 5.74) is 16.0. The van der Waals surface area contributed by atoms with Crippen LogP contribution in [0.15, 0.2) is 4.99 Å². The predicted molar refractivity (Wildman–Crippen MR) is 145 cm³/mol. The lowest BCUT2D eigenvalue weighted by molar-refractivity contribution is -0.306. The minimum absolute atomic E-state index is 0.00428. The fourth-order valence-corrected chi connectivity index (χ4v) is 5.40. The van der Waals surface area contributed by atoms with E-state index in [0.29, 0.717) is 25.9 Å². The molecule has 1 aliphatic carbocycles. The second-order valence-corrected chi connectivity index (χ2v) is 11.8. The molecule has 0 radical (unpaired) electrons. The Labute approximate surface area is 235 Å². The molecule has 3 fully saturated rings. The van der Waals surface area contributed by atoms with Crippen LogP contribution in [0, 0.1) is 0 Å². The lowest BCUT2D eigenvalue weighted by atomic mass is 9.83. The van der Waals surface area contributed by atoms with E-state index in [4.69, 9.17) is 41.3 Å². The standard InChI is InChI=1S/C25H50N6O9/c1-24(2,35)23(28)31-15-9-14(27)18(39-21-13(26)6-5-12(38-21)10-30-7-8-32)16(33)19(15)40-22-17(34)20(29-4)25(3,36)11-37-22/h12-22,29-30,32-36H,5-11,26-27H2,1-4H3,(H2,28,31). The fraction of sp³-hybridized carbons (Fsp3) is 0.960. The van der Waals surface area contributed by atoms with Gasteiger partial charge >= 0.3 is 0 Å². The van der Waals surface area contributed by atoms with Gasteiger partial charge in [-0.3, -0.25) is 4.99 Å². The van der Waals surface area contributed by atoms with Crippen molar-refractivity contribution in [3.8, 4) is 0 Å². The molecular formula is C25H50N6O9. The summed E-state index contributed by atoms with van der Waals surface area (Å²) >= 11 is 0. The number of hydrogen-bond acceptors (Lipinski definition) is 14. The highest BCUT2D eigenvalue weighted by atomic mass is 16.7. The number of ether oxygens (including phenoxy) is 4. The summed E-state index contributed by atoms with van der Waals surface area (Å²) in [4.78, 5) is 4.43. The molecule has 1 saturated carbocycles. The maximum atomic E-state index is 11.5. The maximum Gasteiger partial charge on any atom is 0.185 e. The number of aliphatic imine (C=N–C) groups is 1. The number of aliphatic hydroxyl groups is 5. The molecule has 0 aromatic carbocycles. The third-order valence-electron chi connectivity index (χ3n) is 7.80. The first kappa shape index (κ1) is 33.5. The number of nitrogens with zero attached hydrogens (tertiary/aromatic N) is 1. The molecule has 3 aliphatic rings. The van der Waals surface area contributed by atoms with E-state index < -0.39 is 72.4 Å². The van der Waals surface area contributed by atoms with Gasteiger partial charge in [-0.25, -0.2) is 0 Å². The third-order valence-corrected chi connectivity index (χ3v) is 7.80. The highest BCUT2D eigenvalue weighted by Crippen LogP contribution is 2.33. The van der Waals surface area contributed by atoms with Crippen LogP contribution in [-0.2, 0) is 18.9 Å². The van der Waals surface area contributed by atoms with Crippen molar-refractivity contribution in [2.75, 3.05) is 33.4 Å². The SMILES string of the molecule is CNC1C(O)C(OC2C(N=C(N)C(C)(C)O)CC(N)C(OC3OC(CNCCO)CCC3N)C2O)OCC1(C)O. The second-order valence-electron chi connectivity index (χ2n) is 11.8. The maximum absolute atomic E-state index is 11.5. The number of hydrogen-bond donors (Lipinski definition) is 10. The lowest BCUT2D eigenvalue weighted by Gasteiger charge is -2.48. The van der Waals surface area contributed by atoms with Crippen molar-refractivity contribution in [2.45, 2.75) is 119 Å². The zero-order valence-electron chi connectivity index (χ0n) is 23.8. The lowest BCUT2D eigenvalue weighted by Crippen LogP contribution is -2.67. The molecule has 2 saturated heterocycles. The van der Waals surface area contributed by atoms with E-state index in [0.717, 1.165) is 0 Å². The smallest absolute Gasteiger partial charge is 0.185 e. The average molecular weight is 579 g/mol. The number of amidine groups is 1. The van der Waals surface area contributed by atoms with E-state index in [2.05, 4.69) is 15.6 Å². The van der Waals surface area contributed by atoms with Crippen molar-refractivity contribution < 1.29 is 44.5 Å². The summed E-state index contributed by atoms with van der Waals surface area (Å²) in [6.45, 7) is 5.28. The number of nitrogens with one attached hydrogen (secondary N) is 2. The molecule has 0 aromatic heterocycles. The minimum atomic E-state index is -1.44. The minimum Gasteiger partial charge on any atom is -0.395 e. The highest BCUT2D eigenvalue weighted by molar-refractivity contribution is 5.88. The van der Waals surface area contributed by atoms with Crippen LogP contribution in [0.25, 0.3) is 0 Å². The van der Waals surface area contributed by atoms with Gasteiger partial charge in [-0.2, -0.15) is 0 Å². The Balaban J connectivity index is 1.82. The van der Waals surface area contributed by atoms with Gasteiger partial charge in [0.1, 0.15) is 41.5 Å². The Morgan fingerprint density at radius 2 is 1.77 bits per heavy atom. The summed E-state index contributed by atoms with van der Waals surface area (Å²) in [6.07, 6.45) is -5.59. The Kier molecular flexibility index (Phi) is 11.7. The van der Waals surface area contributed by atoms with Crippen LogP contribution in [-0.4, -0.2) is 143 Å². The summed E-state index contributed by atoms with van der Waals surface area (Å²) in [7, 11) is 1.60. The topological polar surface area (TPSA) is 253 Å². The first-order valence-corrected chi connectivity index (χ1v) is 13.9. The van der Waals surface area contributed by atoms with Crippen LogP contribution in [0.2, 0.25) is 0 Å². The van der Waals surface area contributed by atoms with Crippen molar-refractivity contribution in [1.29, 1.82) is 0 Å². The monoisotopic (exact) mass is 578 g/mol. The van der Waals surface area contributed by atoms with Crippen molar-refractivity contribution in [3.63, 3.8) is 0 Å². The summed E-state index contributed by atoms with van der Waals surface area (Å²) in [5.74, 6) is -0.0816. The van der Waals surface area contributed by atoms with Gasteiger partial charge in [0.05, 0.1) is 37.4 Å². The van der Waals surface area contributed by atoms with Gasteiger partial charge in [0.25, 0.3) is 0 Å². The van der Waals surface area contributed by atoms with Crippen molar-refractivity contribution in [1.82, 2.24) is 10.6 Å². The zero-order chi connectivity index (χ0) is 29.8. The Morgan fingerprint density at radius 3 is 2.40 bits per heavy atom. The van der Waals surface area contributed by atoms with Crippen molar-refractivity contribution in [3.05, 3.63) is 0 Å². The number of aliphatic hydroxyl groups excluding tert-OH is 3. The molecule has 3 rings (SSSR count). The molecule has 12 atom stereocenters. The van der Waals surface area contributed by atoms with Gasteiger partial charge < -0.3 is 72.3 Å². The van der Waals surface area contributed by atoms with Gasteiger partial charge in [0.15, 0.2) is 12.6 Å². The van der Waals surface area contributed by atoms with E-state index in [-0.39, 0.29) is 31.6 Å². The molecule has 0 spiro atoms. The van der Waals surface area contributed by atoms with Gasteiger partial charge in [-0.05, 0) is 47.1 Å². The number of likely N-dealkylation sites (N-methyl/N-ethyl adjacent to an activating group) is 1. The summed E-state index contributed by atoms with van der Waals surface area (Å²) in [5, 5.41) is 58.5. The third kappa shape index (κ3) is 8.06. The van der Waals surface area contributed by atoms with Crippen LogP contribution in [0.3, 0.4) is 0 Å². The Morgan fingerprint density at radius 1 is 1.10 bits per heavy atom. The van der Waals surface area contributed by atoms with E-state index in [1.807, 2.05) is 0 Å². The predicted octanol–water partition coefficient (Wildman–Crippen LogP) is -4.18. The first-order valence-electron chi connectivity index (χ1n) is 13.9. The molecule has 0 bridgehead atoms. The summed E-state index contributed by atoms with van der Waals surface area (Å²) < 4.78 is 24.0. The van der Waals surface area contributed by atoms with Crippen molar-refractivity contribution >= 4 is 5.84 Å². The first-order chi connectivity index (χ1) is 18.7. The van der Waals surface area contributed by atoms with E-state index in [9.17, 15) is 20.4 Å². The zero-order valence-corrected chi connectivity index (χ0v) is 23.8. The molecular weight excluding hydrogens is 528 g/mol. The van der Waals surface area contributed by atoms with Crippen LogP contribution < -0.4 is 27.8 Å². The molecule has 40 heavy (non-hydrogen) atoms. The fourth-order valence-electron chi connectivity index (χ4n) is 5.40. The average Bonchev–Trinajstić information content (AvgIpc) is 2.86. The molecule has 13 N–H and O–H groups in total. The van der Waals surface area contributed by atoms with Gasteiger partial charge in [-0.15, -0.1) is 0 Å². The molecule has 15 nitrogen and oxygen atoms in total. The Hall–Kier alpha value is -1.05. The van der Waals surface area contributed by atoms with E-state index in [1.165, 1.54) is 20.8 Å². The quantitative estimate of drug-likeness (QED) is 0.0634. The molecule has 15 heteroatoms. The highest BCUT2D eigenvalue weighted by Gasteiger charge is 2.51. The molecule has 234 valence electrons.